The molecule has 2 aromatic rings. The summed E-state index contributed by atoms with van der Waals surface area (Å²) >= 11 is 0. The molecular formula is C17H19F2N. The first-order valence-electron chi connectivity index (χ1n) is 6.70. The zero-order chi connectivity index (χ0) is 14.7. The molecule has 0 heterocycles. The van der Waals surface area contributed by atoms with Gasteiger partial charge in [-0.3, -0.25) is 0 Å². The summed E-state index contributed by atoms with van der Waals surface area (Å²) in [6.45, 7) is 4.08. The van der Waals surface area contributed by atoms with Crippen LogP contribution in [0.3, 0.4) is 0 Å². The summed E-state index contributed by atoms with van der Waals surface area (Å²) in [4.78, 5) is 0. The van der Waals surface area contributed by atoms with E-state index in [1.165, 1.54) is 5.56 Å². The Morgan fingerprint density at radius 3 is 2.50 bits per heavy atom. The van der Waals surface area contributed by atoms with Gasteiger partial charge in [-0.15, -0.1) is 0 Å². The molecule has 1 nitrogen and oxygen atoms in total. The third kappa shape index (κ3) is 3.05. The number of nitrogens with one attached hydrogen (secondary N) is 1. The van der Waals surface area contributed by atoms with Crippen molar-refractivity contribution < 1.29 is 8.78 Å². The quantitative estimate of drug-likeness (QED) is 0.886. The van der Waals surface area contributed by atoms with Crippen molar-refractivity contribution in [3.05, 3.63) is 70.3 Å². The fourth-order valence-corrected chi connectivity index (χ4v) is 2.51. The first kappa shape index (κ1) is 14.7. The fraction of sp³-hybridized carbons (Fsp3) is 0.294. The Labute approximate surface area is 118 Å². The van der Waals surface area contributed by atoms with Crippen molar-refractivity contribution in [3.63, 3.8) is 0 Å². The lowest BCUT2D eigenvalue weighted by atomic mass is 9.94. The highest BCUT2D eigenvalue weighted by Crippen LogP contribution is 2.24. The van der Waals surface area contributed by atoms with Crippen molar-refractivity contribution >= 4 is 0 Å². The molecule has 0 saturated heterocycles. The summed E-state index contributed by atoms with van der Waals surface area (Å²) in [6, 6.07) is 10.5. The molecule has 0 radical (unpaired) electrons. The second-order valence-electron chi connectivity index (χ2n) is 5.12. The molecule has 1 N–H and O–H groups in total. The van der Waals surface area contributed by atoms with Crippen molar-refractivity contribution in [3.8, 4) is 0 Å². The molecule has 3 heteroatoms. The average Bonchev–Trinajstić information content (AvgIpc) is 2.41. The monoisotopic (exact) mass is 275 g/mol. The van der Waals surface area contributed by atoms with Crippen molar-refractivity contribution in [2.75, 3.05) is 7.05 Å². The molecule has 0 aliphatic carbocycles. The number of aryl methyl sites for hydroxylation is 2. The molecule has 2 rings (SSSR count). The zero-order valence-corrected chi connectivity index (χ0v) is 12.0. The van der Waals surface area contributed by atoms with Crippen LogP contribution >= 0.6 is 0 Å². The van der Waals surface area contributed by atoms with Crippen LogP contribution in [0.2, 0.25) is 0 Å². The van der Waals surface area contributed by atoms with Gasteiger partial charge in [-0.1, -0.05) is 35.9 Å². The Morgan fingerprint density at radius 2 is 1.85 bits per heavy atom. The molecule has 0 spiro atoms. The van der Waals surface area contributed by atoms with Crippen LogP contribution in [0.1, 0.15) is 28.3 Å². The molecule has 0 fully saturated rings. The molecule has 1 unspecified atom stereocenters. The molecule has 0 aliphatic rings. The zero-order valence-electron chi connectivity index (χ0n) is 12.0. The molecule has 2 aromatic carbocycles. The largest absolute Gasteiger partial charge is 0.313 e. The number of hydrogen-bond donors (Lipinski definition) is 1. The van der Waals surface area contributed by atoms with Crippen LogP contribution < -0.4 is 5.32 Å². The first-order chi connectivity index (χ1) is 9.52. The van der Waals surface area contributed by atoms with E-state index in [1.54, 1.807) is 12.1 Å². The summed E-state index contributed by atoms with van der Waals surface area (Å²) < 4.78 is 27.0. The van der Waals surface area contributed by atoms with Crippen molar-refractivity contribution in [2.24, 2.45) is 0 Å². The van der Waals surface area contributed by atoms with Crippen LogP contribution in [0.5, 0.6) is 0 Å². The van der Waals surface area contributed by atoms with Crippen LogP contribution in [-0.2, 0) is 6.42 Å². The van der Waals surface area contributed by atoms with Gasteiger partial charge in [0.15, 0.2) is 11.6 Å². The molecule has 0 saturated carbocycles. The van der Waals surface area contributed by atoms with Gasteiger partial charge < -0.3 is 5.32 Å². The lowest BCUT2D eigenvalue weighted by Crippen LogP contribution is -2.20. The van der Waals surface area contributed by atoms with Crippen LogP contribution in [0.15, 0.2) is 36.4 Å². The number of rotatable bonds is 4. The molecule has 0 aliphatic heterocycles. The number of halogens is 2. The van der Waals surface area contributed by atoms with E-state index in [0.717, 1.165) is 17.2 Å². The molecule has 1 atom stereocenters. The van der Waals surface area contributed by atoms with E-state index in [1.807, 2.05) is 33.0 Å². The predicted molar refractivity (Wildman–Crippen MR) is 77.8 cm³/mol. The third-order valence-electron chi connectivity index (χ3n) is 3.60. The summed E-state index contributed by atoms with van der Waals surface area (Å²) in [5.41, 5.74) is 3.85. The normalized spacial score (nSPS) is 12.4. The van der Waals surface area contributed by atoms with Gasteiger partial charge >= 0.3 is 0 Å². The van der Waals surface area contributed by atoms with E-state index in [4.69, 9.17) is 0 Å². The second-order valence-corrected chi connectivity index (χ2v) is 5.12. The summed E-state index contributed by atoms with van der Waals surface area (Å²) in [5, 5.41) is 3.18. The lowest BCUT2D eigenvalue weighted by molar-refractivity contribution is 0.486. The minimum atomic E-state index is -0.794. The minimum Gasteiger partial charge on any atom is -0.313 e. The smallest absolute Gasteiger partial charge is 0.162 e. The number of likely N-dealkylation sites (N-methyl/N-ethyl adjacent to an activating group) is 1. The Balaban J connectivity index is 2.31. The van der Waals surface area contributed by atoms with Gasteiger partial charge in [0, 0.05) is 6.04 Å². The van der Waals surface area contributed by atoms with E-state index in [9.17, 15) is 8.78 Å². The standard InChI is InChI=1S/C17H19F2N/c1-11-7-8-14(12(2)9-11)16(20-3)10-13-5-4-6-15(18)17(13)19/h4-9,16,20H,10H2,1-3H3. The van der Waals surface area contributed by atoms with Crippen molar-refractivity contribution in [1.82, 2.24) is 5.32 Å². The second kappa shape index (κ2) is 6.14. The number of benzene rings is 2. The highest BCUT2D eigenvalue weighted by atomic mass is 19.2. The van der Waals surface area contributed by atoms with Gasteiger partial charge in [0.05, 0.1) is 0 Å². The Hall–Kier alpha value is -1.74. The molecule has 0 amide bonds. The van der Waals surface area contributed by atoms with Crippen LogP contribution in [0.25, 0.3) is 0 Å². The van der Waals surface area contributed by atoms with E-state index >= 15 is 0 Å². The molecule has 20 heavy (non-hydrogen) atoms. The van der Waals surface area contributed by atoms with E-state index in [2.05, 4.69) is 11.4 Å². The number of hydrogen-bond acceptors (Lipinski definition) is 1. The Bertz CT molecular complexity index is 608. The maximum absolute atomic E-state index is 13.8. The van der Waals surface area contributed by atoms with Gasteiger partial charge in [-0.25, -0.2) is 8.78 Å². The highest BCUT2D eigenvalue weighted by molar-refractivity contribution is 5.34. The summed E-state index contributed by atoms with van der Waals surface area (Å²) in [6.07, 6.45) is 0.421. The van der Waals surface area contributed by atoms with Gasteiger partial charge in [0.2, 0.25) is 0 Å². The van der Waals surface area contributed by atoms with Crippen LogP contribution in [-0.4, -0.2) is 7.05 Å². The average molecular weight is 275 g/mol. The third-order valence-corrected chi connectivity index (χ3v) is 3.60. The SMILES string of the molecule is CNC(Cc1cccc(F)c1F)c1ccc(C)cc1C. The van der Waals surface area contributed by atoms with Gasteiger partial charge in [-0.2, -0.15) is 0 Å². The van der Waals surface area contributed by atoms with Gasteiger partial charge in [0.25, 0.3) is 0 Å². The van der Waals surface area contributed by atoms with E-state index in [0.29, 0.717) is 12.0 Å². The van der Waals surface area contributed by atoms with Gasteiger partial charge in [0.1, 0.15) is 0 Å². The lowest BCUT2D eigenvalue weighted by Gasteiger charge is -2.20. The first-order valence-corrected chi connectivity index (χ1v) is 6.70. The van der Waals surface area contributed by atoms with Crippen molar-refractivity contribution in [1.29, 1.82) is 0 Å². The Kier molecular flexibility index (Phi) is 4.50. The van der Waals surface area contributed by atoms with E-state index < -0.39 is 11.6 Å². The molecular weight excluding hydrogens is 256 g/mol. The molecule has 106 valence electrons. The molecule has 0 bridgehead atoms. The van der Waals surface area contributed by atoms with Crippen molar-refractivity contribution in [2.45, 2.75) is 26.3 Å². The van der Waals surface area contributed by atoms with Crippen LogP contribution in [0, 0.1) is 25.5 Å². The fourth-order valence-electron chi connectivity index (χ4n) is 2.51. The predicted octanol–water partition coefficient (Wildman–Crippen LogP) is 4.08. The topological polar surface area (TPSA) is 12.0 Å². The maximum Gasteiger partial charge on any atom is 0.162 e. The minimum absolute atomic E-state index is 0.0353. The summed E-state index contributed by atoms with van der Waals surface area (Å²) in [5.74, 6) is -1.55. The van der Waals surface area contributed by atoms with Gasteiger partial charge in [-0.05, 0) is 50.1 Å². The highest BCUT2D eigenvalue weighted by Gasteiger charge is 2.16. The van der Waals surface area contributed by atoms with Crippen LogP contribution in [0.4, 0.5) is 8.78 Å². The van der Waals surface area contributed by atoms with E-state index in [-0.39, 0.29) is 6.04 Å². The molecule has 0 aromatic heterocycles. The summed E-state index contributed by atoms with van der Waals surface area (Å²) in [7, 11) is 1.83. The Morgan fingerprint density at radius 1 is 1.10 bits per heavy atom. The maximum atomic E-state index is 13.8.